The zero-order valence-corrected chi connectivity index (χ0v) is 24.2. The monoisotopic (exact) mass is 604 g/mol. The Hall–Kier alpha value is -2.92. The van der Waals surface area contributed by atoms with E-state index in [-0.39, 0.29) is 36.5 Å². The fourth-order valence-corrected chi connectivity index (χ4v) is 6.27. The average molecular weight is 605 g/mol. The maximum Gasteiger partial charge on any atom is 0.251 e. The van der Waals surface area contributed by atoms with Crippen LogP contribution in [-0.2, 0) is 16.1 Å². The van der Waals surface area contributed by atoms with Gasteiger partial charge in [0.05, 0.1) is 11.7 Å². The second kappa shape index (κ2) is 13.6. The van der Waals surface area contributed by atoms with E-state index in [2.05, 4.69) is 5.32 Å². The van der Waals surface area contributed by atoms with Gasteiger partial charge in [-0.2, -0.15) is 0 Å². The molecule has 2 fully saturated rings. The summed E-state index contributed by atoms with van der Waals surface area (Å²) in [6, 6.07) is 9.53. The molecule has 226 valence electrons. The first-order valence-electron chi connectivity index (χ1n) is 14.4. The summed E-state index contributed by atoms with van der Waals surface area (Å²) >= 11 is 6.22. The number of halogens is 4. The van der Waals surface area contributed by atoms with E-state index >= 15 is 4.39 Å². The van der Waals surface area contributed by atoms with E-state index in [1.807, 2.05) is 4.57 Å². The van der Waals surface area contributed by atoms with Gasteiger partial charge in [0.15, 0.2) is 0 Å². The lowest BCUT2D eigenvalue weighted by Crippen LogP contribution is -2.47. The van der Waals surface area contributed by atoms with E-state index in [4.69, 9.17) is 21.3 Å². The van der Waals surface area contributed by atoms with Crippen molar-refractivity contribution < 1.29 is 27.8 Å². The van der Waals surface area contributed by atoms with E-state index < -0.39 is 36.4 Å². The molecule has 0 bridgehead atoms. The molecule has 2 aromatic carbocycles. The van der Waals surface area contributed by atoms with Gasteiger partial charge in [-0.15, -0.1) is 0 Å². The van der Waals surface area contributed by atoms with Gasteiger partial charge in [0.2, 0.25) is 0 Å². The topological polar surface area (TPSA) is 79.6 Å². The number of aliphatic hydroxyl groups is 1. The number of aliphatic hydroxyl groups excluding tert-OH is 1. The Morgan fingerprint density at radius 2 is 2.02 bits per heavy atom. The Balaban J connectivity index is 1.64. The number of nitrogens with zero attached hydrogens (tertiary/aromatic N) is 3. The molecule has 1 amide bonds. The Bertz CT molecular complexity index is 1380. The number of ether oxygens (including phenoxy) is 1. The molecular weight excluding hydrogens is 569 g/mol. The van der Waals surface area contributed by atoms with Crippen molar-refractivity contribution in [3.8, 4) is 11.3 Å². The van der Waals surface area contributed by atoms with Crippen LogP contribution in [0.2, 0.25) is 5.02 Å². The van der Waals surface area contributed by atoms with E-state index in [1.165, 1.54) is 37.3 Å². The number of imidazole rings is 1. The highest BCUT2D eigenvalue weighted by atomic mass is 35.5. The fourth-order valence-electron chi connectivity index (χ4n) is 6.10. The average Bonchev–Trinajstić information content (AvgIpc) is 3.61. The molecule has 2 saturated heterocycles. The quantitative estimate of drug-likeness (QED) is 0.334. The van der Waals surface area contributed by atoms with Crippen molar-refractivity contribution in [3.63, 3.8) is 0 Å². The lowest BCUT2D eigenvalue weighted by atomic mass is 9.88. The van der Waals surface area contributed by atoms with Gasteiger partial charge in [0, 0.05) is 55.7 Å². The lowest BCUT2D eigenvalue weighted by Gasteiger charge is -2.40. The van der Waals surface area contributed by atoms with Gasteiger partial charge in [0.25, 0.3) is 5.91 Å². The van der Waals surface area contributed by atoms with Crippen molar-refractivity contribution >= 4 is 17.5 Å². The number of hydrogen-bond donors (Lipinski definition) is 2. The first kappa shape index (κ1) is 30.5. The number of carbonyl (C=O) groups is 1. The summed E-state index contributed by atoms with van der Waals surface area (Å²) in [6.45, 7) is 2.95. The van der Waals surface area contributed by atoms with Gasteiger partial charge in [0.1, 0.15) is 30.2 Å². The van der Waals surface area contributed by atoms with Crippen LogP contribution in [0.25, 0.3) is 11.3 Å². The molecule has 3 heterocycles. The van der Waals surface area contributed by atoms with Crippen molar-refractivity contribution in [3.05, 3.63) is 76.7 Å². The highest BCUT2D eigenvalue weighted by Crippen LogP contribution is 2.38. The van der Waals surface area contributed by atoms with Crippen molar-refractivity contribution in [2.45, 2.75) is 50.9 Å². The molecule has 11 heteroatoms. The summed E-state index contributed by atoms with van der Waals surface area (Å²) in [5, 5.41) is 14.0. The normalized spacial score (nSPS) is 20.9. The number of rotatable bonds is 10. The molecule has 4 atom stereocenters. The van der Waals surface area contributed by atoms with E-state index in [1.54, 1.807) is 23.2 Å². The zero-order chi connectivity index (χ0) is 29.8. The molecule has 2 aliphatic heterocycles. The minimum atomic E-state index is -1.28. The van der Waals surface area contributed by atoms with Gasteiger partial charge < -0.3 is 24.6 Å². The van der Waals surface area contributed by atoms with Gasteiger partial charge in [-0.3, -0.25) is 4.79 Å². The van der Waals surface area contributed by atoms with Crippen molar-refractivity contribution in [2.75, 3.05) is 33.0 Å². The number of amides is 1. The minimum absolute atomic E-state index is 0.0349. The van der Waals surface area contributed by atoms with Crippen LogP contribution in [0.4, 0.5) is 13.2 Å². The van der Waals surface area contributed by atoms with Crippen LogP contribution in [0, 0.1) is 23.5 Å². The molecule has 7 nitrogen and oxygen atoms in total. The van der Waals surface area contributed by atoms with Crippen LogP contribution in [0.1, 0.15) is 43.6 Å². The molecule has 2 N–H and O–H groups in total. The third-order valence-corrected chi connectivity index (χ3v) is 8.40. The summed E-state index contributed by atoms with van der Waals surface area (Å²) in [6.07, 6.45) is 2.24. The highest BCUT2D eigenvalue weighted by molar-refractivity contribution is 6.30. The molecular formula is C31H36ClF3N4O3. The van der Waals surface area contributed by atoms with Crippen LogP contribution in [0.5, 0.6) is 0 Å². The first-order valence-corrected chi connectivity index (χ1v) is 14.7. The zero-order valence-electron chi connectivity index (χ0n) is 23.5. The molecule has 0 radical (unpaired) electrons. The fraction of sp³-hybridized carbons (Fsp3) is 0.484. The Morgan fingerprint density at radius 3 is 2.71 bits per heavy atom. The van der Waals surface area contributed by atoms with Crippen LogP contribution in [0.3, 0.4) is 0 Å². The van der Waals surface area contributed by atoms with Crippen LogP contribution in [0.15, 0.2) is 48.7 Å². The summed E-state index contributed by atoms with van der Waals surface area (Å²) in [5.41, 5.74) is 1.19. The Labute approximate surface area is 248 Å². The maximum absolute atomic E-state index is 15.1. The Morgan fingerprint density at radius 1 is 1.24 bits per heavy atom. The van der Waals surface area contributed by atoms with Crippen molar-refractivity contribution in [1.82, 2.24) is 19.8 Å². The minimum Gasteiger partial charge on any atom is -0.384 e. The molecule has 2 aliphatic rings. The third-order valence-electron chi connectivity index (χ3n) is 8.16. The third kappa shape index (κ3) is 6.99. The predicted octanol–water partition coefficient (Wildman–Crippen LogP) is 5.15. The van der Waals surface area contributed by atoms with Gasteiger partial charge in [-0.25, -0.2) is 18.2 Å². The number of nitrogens with one attached hydrogen (secondary N) is 1. The largest absolute Gasteiger partial charge is 0.384 e. The standard InChI is InChI=1S/C31H36ClF3N4O3/c1-19(40)31(41)39(17-21-12-25(14-33)36-15-21)29(22-7-9-42-10-8-22)30-37-28(26-13-23(32)5-6-27(26)35)18-38(30)16-20-3-2-4-24(34)11-20/h2-6,11,13,18-19,21-22,25,29,36,40H,7-10,12,14-17H2,1H3/t19-,21-,25-,29+/m0/s1. The summed E-state index contributed by atoms with van der Waals surface area (Å²) in [4.78, 5) is 20.3. The predicted molar refractivity (Wildman–Crippen MR) is 154 cm³/mol. The van der Waals surface area contributed by atoms with Crippen molar-refractivity contribution in [1.29, 1.82) is 0 Å². The van der Waals surface area contributed by atoms with E-state index in [0.29, 0.717) is 61.1 Å². The number of hydrogen-bond acceptors (Lipinski definition) is 5. The van der Waals surface area contributed by atoms with Crippen molar-refractivity contribution in [2.24, 2.45) is 11.8 Å². The van der Waals surface area contributed by atoms with E-state index in [0.717, 1.165) is 0 Å². The number of carbonyl (C=O) groups excluding carboxylic acids is 1. The Kier molecular flexibility index (Phi) is 9.88. The highest BCUT2D eigenvalue weighted by Gasteiger charge is 2.40. The second-order valence-electron chi connectivity index (χ2n) is 11.3. The SMILES string of the molecule is C[C@H](O)C(=O)N(C[C@@H]1CN[C@H](CF)C1)[C@@H](c1nc(-c2cc(Cl)ccc2F)cn1Cc1cccc(F)c1)C1CCOCC1. The molecule has 0 saturated carbocycles. The number of aromatic nitrogens is 2. The second-order valence-corrected chi connectivity index (χ2v) is 11.7. The van der Waals surface area contributed by atoms with Crippen LogP contribution >= 0.6 is 11.6 Å². The summed E-state index contributed by atoms with van der Waals surface area (Å²) in [5.74, 6) is -0.993. The molecule has 1 aromatic heterocycles. The number of benzene rings is 2. The lowest BCUT2D eigenvalue weighted by molar-refractivity contribution is -0.145. The maximum atomic E-state index is 15.1. The molecule has 0 spiro atoms. The first-order chi connectivity index (χ1) is 20.2. The molecule has 3 aromatic rings. The van der Waals surface area contributed by atoms with E-state index in [9.17, 15) is 18.7 Å². The van der Waals surface area contributed by atoms with Gasteiger partial charge in [-0.1, -0.05) is 23.7 Å². The molecule has 0 unspecified atom stereocenters. The van der Waals surface area contributed by atoms with Crippen LogP contribution < -0.4 is 5.32 Å². The summed E-state index contributed by atoms with van der Waals surface area (Å²) in [7, 11) is 0. The van der Waals surface area contributed by atoms with Gasteiger partial charge >= 0.3 is 0 Å². The van der Waals surface area contributed by atoms with Crippen LogP contribution in [-0.4, -0.2) is 70.6 Å². The summed E-state index contributed by atoms with van der Waals surface area (Å²) < 4.78 is 50.1. The molecule has 0 aliphatic carbocycles. The smallest absolute Gasteiger partial charge is 0.251 e. The molecule has 42 heavy (non-hydrogen) atoms. The number of alkyl halides is 1. The molecule has 5 rings (SSSR count). The van der Waals surface area contributed by atoms with Gasteiger partial charge in [-0.05, 0) is 73.9 Å².